The highest BCUT2D eigenvalue weighted by atomic mass is 32.2. The van der Waals surface area contributed by atoms with E-state index < -0.39 is 0 Å². The number of piperidine rings is 2. The Morgan fingerprint density at radius 1 is 0.144 bits per heavy atom. The highest BCUT2D eigenvalue weighted by molar-refractivity contribution is 8.16. The average molecular weight is 1760 g/mol. The second kappa shape index (κ2) is 109. The van der Waals surface area contributed by atoms with Crippen LogP contribution < -0.4 is 37.4 Å². The molecule has 18 heterocycles. The van der Waals surface area contributed by atoms with Gasteiger partial charge in [0.05, 0.1) is 52.2 Å². The van der Waals surface area contributed by atoms with E-state index in [9.17, 15) is 0 Å². The van der Waals surface area contributed by atoms with Crippen molar-refractivity contribution in [2.45, 2.75) is 257 Å². The lowest BCUT2D eigenvalue weighted by molar-refractivity contribution is -0.0334. The molecule has 2 saturated carbocycles. The Morgan fingerprint density at radius 3 is 0.523 bits per heavy atom. The van der Waals surface area contributed by atoms with E-state index in [4.69, 9.17) is 42.6 Å². The number of thioether (sulfide) groups is 10. The van der Waals surface area contributed by atoms with E-state index in [0.29, 0.717) is 6.79 Å². The molecule has 0 amide bonds. The van der Waals surface area contributed by atoms with Gasteiger partial charge >= 0.3 is 0 Å². The summed E-state index contributed by atoms with van der Waals surface area (Å²) in [5, 5.41) is 18.7. The lowest BCUT2D eigenvalue weighted by Crippen LogP contribution is -2.21. The number of ether oxygens (including phenoxy) is 9. The third-order valence-corrected chi connectivity index (χ3v) is 30.1. The first-order valence-electron chi connectivity index (χ1n) is 45.5. The summed E-state index contributed by atoms with van der Waals surface area (Å²) in [6, 6.07) is 0. The summed E-state index contributed by atoms with van der Waals surface area (Å²) in [7, 11) is 0. The van der Waals surface area contributed by atoms with Crippen LogP contribution in [-0.2, 0) is 42.6 Å². The van der Waals surface area contributed by atoms with Crippen molar-refractivity contribution in [3.05, 3.63) is 0 Å². The van der Waals surface area contributed by atoms with Gasteiger partial charge in [0.15, 0.2) is 0 Å². The highest BCUT2D eigenvalue weighted by Crippen LogP contribution is 2.22. The SMILES string of the molecule is C1CCCC1.C1CCCCC1.C1CCNC1.C1CCNCC1.C1CCNCC1.C1CCOC1.C1CCOC1.C1CCOCC1.C1CCOCC1.C1CCSC1.C1CCSCC1.C1CCSCC1.C1CNCN1.C1CNNC1.C1COCCO1.C1COCO1.C1CSCCS1.C1CSCO1.C1CSCSC1.C1CSCSC1. The minimum absolute atomic E-state index is 0.500. The Bertz CT molecular complexity index is 990. The third kappa shape index (κ3) is 107. The lowest BCUT2D eigenvalue weighted by atomic mass is 10.0. The van der Waals surface area contributed by atoms with Crippen LogP contribution >= 0.6 is 118 Å². The molecule has 20 aliphatic rings. The molecule has 20 fully saturated rings. The van der Waals surface area contributed by atoms with Crippen LogP contribution in [0.4, 0.5) is 0 Å². The summed E-state index contributed by atoms with van der Waals surface area (Å²) in [6.07, 6.45) is 56.5. The van der Waals surface area contributed by atoms with Crippen molar-refractivity contribution in [3.8, 4) is 0 Å². The summed E-state index contributed by atoms with van der Waals surface area (Å²) >= 11 is 20.5. The van der Waals surface area contributed by atoms with Crippen LogP contribution in [0.15, 0.2) is 0 Å². The van der Waals surface area contributed by atoms with Crippen molar-refractivity contribution in [2.75, 3.05) is 280 Å². The molecule has 111 heavy (non-hydrogen) atoms. The van der Waals surface area contributed by atoms with Gasteiger partial charge in [0, 0.05) is 125 Å². The maximum absolute atomic E-state index is 5.07. The van der Waals surface area contributed by atoms with E-state index in [0.717, 1.165) is 138 Å². The predicted octanol–water partition coefficient (Wildman–Crippen LogP) is 19.9. The highest BCUT2D eigenvalue weighted by Gasteiger charge is 2.05. The Kier molecular flexibility index (Phi) is 110. The van der Waals surface area contributed by atoms with Gasteiger partial charge in [-0.2, -0.15) is 106 Å². The largest absolute Gasteiger partial charge is 0.381 e. The smallest absolute Gasteiger partial charge is 0.146 e. The van der Waals surface area contributed by atoms with Crippen molar-refractivity contribution in [1.29, 1.82) is 0 Å². The number of rotatable bonds is 0. The molecule has 0 spiro atoms. The molecule has 0 aromatic rings. The average Bonchev–Trinajstić information content (AvgIpc) is 4.85. The van der Waals surface area contributed by atoms with Crippen molar-refractivity contribution in [1.82, 2.24) is 37.4 Å². The molecule has 0 radical (unpaired) electrons. The van der Waals surface area contributed by atoms with E-state index in [2.05, 4.69) is 143 Å². The molecule has 0 aromatic heterocycles. The van der Waals surface area contributed by atoms with Crippen LogP contribution in [0, 0.1) is 0 Å². The lowest BCUT2D eigenvalue weighted by Gasteiger charge is -2.09. The standard InChI is InChI=1S/C6H12.2C5H11N.2C5H10O.2C5H10S.C5H10.C4H9N.C4H8O2.2C4H8O.3C4H8S2.C4H8S.2C3H8N2.C3H6O2.C3H6OS/c7*1-2-4-6-5-3-1;2*1-2-4-5-3-1;1-2-6-4-3-5-1;2*1-2-4-5-3-1;1-2-6-4-3-5-1;2*1-2-5-4-6-3-1;1-2-4-5-3-1;1-2-5-3-4-1;1-2-4-5-3-1;2*1-2-5-3-4-1/h1-6H2;2*6H,1-5H2;4*1-5H2;1-5H2;5H,1-4H2;1-4H2;2*1-4H2;3*1-4H2;1-4H2;2*4-5H,1-3H2;2*1-3H2. The topological polar surface area (TPSA) is 167 Å². The van der Waals surface area contributed by atoms with Crippen LogP contribution in [0.3, 0.4) is 0 Å². The maximum Gasteiger partial charge on any atom is 0.146 e. The summed E-state index contributed by atoms with van der Waals surface area (Å²) in [5.74, 6) is 21.7. The minimum Gasteiger partial charge on any atom is -0.381 e. The van der Waals surface area contributed by atoms with Gasteiger partial charge < -0.3 is 69.2 Å². The predicted molar refractivity (Wildman–Crippen MR) is 511 cm³/mol. The molecule has 20 rings (SSSR count). The molecular formula is C85H177N7O9S10. The first-order chi connectivity index (χ1) is 55.5. The molecule has 0 bridgehead atoms. The second-order valence-corrected chi connectivity index (χ2v) is 41.2. The Morgan fingerprint density at radius 2 is 0.396 bits per heavy atom. The molecule has 0 unspecified atom stereocenters. The van der Waals surface area contributed by atoms with Crippen LogP contribution in [0.1, 0.15) is 257 Å². The van der Waals surface area contributed by atoms with Crippen LogP contribution in [0.5, 0.6) is 0 Å². The number of hydrogen-bond acceptors (Lipinski definition) is 26. The van der Waals surface area contributed by atoms with Crippen LogP contribution in [-0.4, -0.2) is 280 Å². The van der Waals surface area contributed by atoms with E-state index in [1.807, 2.05) is 11.8 Å². The molecular weight excluding hydrogens is 1580 g/mol. The van der Waals surface area contributed by atoms with Gasteiger partial charge in [0.25, 0.3) is 0 Å². The Hall–Kier alpha value is 2.86. The molecule has 0 atom stereocenters. The first-order valence-corrected chi connectivity index (χ1v) is 57.0. The maximum atomic E-state index is 5.07. The van der Waals surface area contributed by atoms with E-state index in [1.165, 1.54) is 393 Å². The summed E-state index contributed by atoms with van der Waals surface area (Å²) < 4.78 is 44.3. The van der Waals surface area contributed by atoms with Gasteiger partial charge in [-0.15, -0.1) is 11.8 Å². The number of hydrogen-bond donors (Lipinski definition) is 7. The molecule has 666 valence electrons. The van der Waals surface area contributed by atoms with Gasteiger partial charge in [0.1, 0.15) is 6.79 Å². The van der Waals surface area contributed by atoms with E-state index in [1.54, 1.807) is 0 Å². The van der Waals surface area contributed by atoms with Crippen LogP contribution in [0.25, 0.3) is 0 Å². The minimum atomic E-state index is 0.500. The molecule has 2 aliphatic carbocycles. The third-order valence-electron chi connectivity index (χ3n) is 18.4. The van der Waals surface area contributed by atoms with Gasteiger partial charge in [-0.25, -0.2) is 0 Å². The fourth-order valence-corrected chi connectivity index (χ4v) is 22.2. The zero-order chi connectivity index (χ0) is 78.5. The summed E-state index contributed by atoms with van der Waals surface area (Å²) in [5.41, 5.74) is 5.94. The van der Waals surface area contributed by atoms with Crippen molar-refractivity contribution in [3.63, 3.8) is 0 Å². The van der Waals surface area contributed by atoms with E-state index in [-0.39, 0.29) is 0 Å². The number of nitrogens with one attached hydrogen (secondary N) is 7. The second-order valence-electron chi connectivity index (χ2n) is 28.9. The fraction of sp³-hybridized carbons (Fsp3) is 1.00. The molecule has 16 nitrogen and oxygen atoms in total. The Balaban J connectivity index is 0.000000584. The van der Waals surface area contributed by atoms with E-state index >= 15 is 0 Å². The molecule has 26 heteroatoms. The fourth-order valence-electron chi connectivity index (χ4n) is 11.7. The zero-order valence-corrected chi connectivity index (χ0v) is 79.5. The van der Waals surface area contributed by atoms with Crippen molar-refractivity contribution in [2.24, 2.45) is 0 Å². The quantitative estimate of drug-likeness (QED) is 0.122. The molecule has 18 aliphatic heterocycles. The molecule has 18 saturated heterocycles. The summed E-state index contributed by atoms with van der Waals surface area (Å²) in [4.78, 5) is 0. The van der Waals surface area contributed by atoms with Crippen molar-refractivity contribution >= 4 is 118 Å². The first kappa shape index (κ1) is 112. The molecule has 7 N–H and O–H groups in total. The van der Waals surface area contributed by atoms with Gasteiger partial charge in [-0.1, -0.05) is 96.3 Å². The van der Waals surface area contributed by atoms with Gasteiger partial charge in [-0.3, -0.25) is 10.9 Å². The Labute approximate surface area is 728 Å². The molecule has 0 aromatic carbocycles. The van der Waals surface area contributed by atoms with Crippen LogP contribution in [0.2, 0.25) is 0 Å². The monoisotopic (exact) mass is 1760 g/mol. The van der Waals surface area contributed by atoms with Crippen molar-refractivity contribution < 1.29 is 42.6 Å². The zero-order valence-electron chi connectivity index (χ0n) is 71.4. The number of hydrazine groups is 1. The normalized spacial score (nSPS) is 24.0. The summed E-state index contributed by atoms with van der Waals surface area (Å²) in [6.45, 7) is 27.2. The van der Waals surface area contributed by atoms with Gasteiger partial charge in [-0.05, 0) is 257 Å². The van der Waals surface area contributed by atoms with Gasteiger partial charge in [0.2, 0.25) is 0 Å².